The van der Waals surface area contributed by atoms with Crippen molar-refractivity contribution in [3.63, 3.8) is 0 Å². The maximum absolute atomic E-state index is 3.82. The van der Waals surface area contributed by atoms with E-state index < -0.39 is 0 Å². The maximum Gasteiger partial charge on any atom is -0.0246 e. The molecule has 0 saturated carbocycles. The van der Waals surface area contributed by atoms with Crippen molar-refractivity contribution in [2.45, 2.75) is 52.4 Å². The fraction of sp³-hybridized carbons (Fsp3) is 0.800. The molecular weight excluding hydrogens is 120 g/mol. The molecule has 0 unspecified atom stereocenters. The van der Waals surface area contributed by atoms with Crippen molar-refractivity contribution in [1.82, 2.24) is 0 Å². The highest BCUT2D eigenvalue weighted by atomic mass is 14.1. The smallest absolute Gasteiger partial charge is 0.0246 e. The lowest BCUT2D eigenvalue weighted by Gasteiger charge is -2.09. The summed E-state index contributed by atoms with van der Waals surface area (Å²) in [5.41, 5.74) is 0. The van der Waals surface area contributed by atoms with Crippen molar-refractivity contribution in [3.05, 3.63) is 12.8 Å². The summed E-state index contributed by atoms with van der Waals surface area (Å²) in [6, 6.07) is 0. The summed E-state index contributed by atoms with van der Waals surface area (Å²) in [5, 5.41) is 0. The molecule has 0 saturated heterocycles. The lowest BCUT2D eigenvalue weighted by Crippen LogP contribution is -1.92. The molecule has 0 rings (SSSR count). The van der Waals surface area contributed by atoms with Crippen molar-refractivity contribution in [2.75, 3.05) is 0 Å². The first-order valence-electron chi connectivity index (χ1n) is 4.47. The Hall–Kier alpha value is 0. The molecule has 0 N–H and O–H groups in total. The minimum absolute atomic E-state index is 1.10. The van der Waals surface area contributed by atoms with Gasteiger partial charge in [0.05, 0.1) is 0 Å². The second kappa shape index (κ2) is 7.11. The molecule has 0 aliphatic heterocycles. The molecule has 0 bridgehead atoms. The first-order chi connectivity index (χ1) is 4.85. The van der Waals surface area contributed by atoms with Crippen molar-refractivity contribution in [1.29, 1.82) is 0 Å². The SMILES string of the molecule is [CH2]CCCC[C](CC)CC. The fourth-order valence-electron chi connectivity index (χ4n) is 1.16. The Morgan fingerprint density at radius 1 is 1.10 bits per heavy atom. The van der Waals surface area contributed by atoms with Crippen molar-refractivity contribution in [3.8, 4) is 0 Å². The van der Waals surface area contributed by atoms with Crippen LogP contribution in [0.5, 0.6) is 0 Å². The zero-order valence-corrected chi connectivity index (χ0v) is 7.45. The Morgan fingerprint density at radius 3 is 2.10 bits per heavy atom. The van der Waals surface area contributed by atoms with Crippen LogP contribution in [-0.2, 0) is 0 Å². The van der Waals surface area contributed by atoms with E-state index in [1.54, 1.807) is 5.92 Å². The van der Waals surface area contributed by atoms with Crippen LogP contribution in [0, 0.1) is 12.8 Å². The summed E-state index contributed by atoms with van der Waals surface area (Å²) in [6.45, 7) is 8.33. The maximum atomic E-state index is 3.82. The quantitative estimate of drug-likeness (QED) is 0.493. The van der Waals surface area contributed by atoms with Crippen LogP contribution in [0.2, 0.25) is 0 Å². The van der Waals surface area contributed by atoms with Gasteiger partial charge in [-0.2, -0.15) is 0 Å². The van der Waals surface area contributed by atoms with Crippen molar-refractivity contribution >= 4 is 0 Å². The topological polar surface area (TPSA) is 0 Å². The summed E-state index contributed by atoms with van der Waals surface area (Å²) in [5.74, 6) is 1.72. The molecule has 2 radical (unpaired) electrons. The van der Waals surface area contributed by atoms with Gasteiger partial charge in [-0.3, -0.25) is 0 Å². The van der Waals surface area contributed by atoms with Gasteiger partial charge in [0.25, 0.3) is 0 Å². The van der Waals surface area contributed by atoms with Crippen LogP contribution < -0.4 is 0 Å². The Kier molecular flexibility index (Phi) is 7.11. The Bertz CT molecular complexity index is 53.1. The van der Waals surface area contributed by atoms with Gasteiger partial charge >= 0.3 is 0 Å². The van der Waals surface area contributed by atoms with E-state index in [-0.39, 0.29) is 0 Å². The minimum Gasteiger partial charge on any atom is -0.0648 e. The first-order valence-corrected chi connectivity index (χ1v) is 4.47. The zero-order chi connectivity index (χ0) is 7.82. The van der Waals surface area contributed by atoms with Crippen molar-refractivity contribution < 1.29 is 0 Å². The Balaban J connectivity index is 3.09. The third-order valence-electron chi connectivity index (χ3n) is 2.03. The Morgan fingerprint density at radius 2 is 1.70 bits per heavy atom. The van der Waals surface area contributed by atoms with Crippen LogP contribution in [0.25, 0.3) is 0 Å². The minimum atomic E-state index is 1.10. The molecule has 0 aromatic heterocycles. The molecular formula is C10H20. The normalized spacial score (nSPS) is 10.8. The number of hydrogen-bond donors (Lipinski definition) is 0. The van der Waals surface area contributed by atoms with E-state index in [0.717, 1.165) is 6.42 Å². The van der Waals surface area contributed by atoms with Crippen LogP contribution in [0.4, 0.5) is 0 Å². The molecule has 0 heteroatoms. The summed E-state index contributed by atoms with van der Waals surface area (Å²) < 4.78 is 0. The van der Waals surface area contributed by atoms with Crippen LogP contribution >= 0.6 is 0 Å². The van der Waals surface area contributed by atoms with E-state index in [4.69, 9.17) is 0 Å². The highest BCUT2D eigenvalue weighted by Gasteiger charge is 2.01. The average Bonchev–Trinajstić information content (AvgIpc) is 1.99. The number of rotatable bonds is 6. The standard InChI is InChI=1S/C10H20/c1-4-7-8-9-10(5-2)6-3/h1,4-9H2,2-3H3. The summed E-state index contributed by atoms with van der Waals surface area (Å²) >= 11 is 0. The van der Waals surface area contributed by atoms with E-state index in [9.17, 15) is 0 Å². The highest BCUT2D eigenvalue weighted by Crippen LogP contribution is 2.18. The summed E-state index contributed by atoms with van der Waals surface area (Å²) in [7, 11) is 0. The van der Waals surface area contributed by atoms with Crippen molar-refractivity contribution in [2.24, 2.45) is 0 Å². The van der Waals surface area contributed by atoms with E-state index in [0.29, 0.717) is 0 Å². The van der Waals surface area contributed by atoms with E-state index in [1.165, 1.54) is 32.1 Å². The van der Waals surface area contributed by atoms with Gasteiger partial charge in [0.15, 0.2) is 0 Å². The molecule has 0 aliphatic rings. The molecule has 0 spiro atoms. The molecule has 0 heterocycles. The third-order valence-corrected chi connectivity index (χ3v) is 2.03. The monoisotopic (exact) mass is 140 g/mol. The van der Waals surface area contributed by atoms with E-state index >= 15 is 0 Å². The molecule has 10 heavy (non-hydrogen) atoms. The highest BCUT2D eigenvalue weighted by molar-refractivity contribution is 4.85. The second-order valence-corrected chi connectivity index (χ2v) is 2.77. The van der Waals surface area contributed by atoms with Crippen LogP contribution in [0.15, 0.2) is 0 Å². The lowest BCUT2D eigenvalue weighted by atomic mass is 9.96. The predicted octanol–water partition coefficient (Wildman–Crippen LogP) is 3.78. The van der Waals surface area contributed by atoms with Gasteiger partial charge in [-0.1, -0.05) is 40.0 Å². The molecule has 0 atom stereocenters. The van der Waals surface area contributed by atoms with Gasteiger partial charge in [-0.25, -0.2) is 0 Å². The van der Waals surface area contributed by atoms with Crippen LogP contribution in [-0.4, -0.2) is 0 Å². The Labute approximate surface area is 66.0 Å². The lowest BCUT2D eigenvalue weighted by molar-refractivity contribution is 0.635. The average molecular weight is 140 g/mol. The molecule has 0 aromatic carbocycles. The van der Waals surface area contributed by atoms with Crippen LogP contribution in [0.1, 0.15) is 52.4 Å². The molecule has 0 amide bonds. The van der Waals surface area contributed by atoms with Gasteiger partial charge < -0.3 is 0 Å². The van der Waals surface area contributed by atoms with Gasteiger partial charge in [0.1, 0.15) is 0 Å². The van der Waals surface area contributed by atoms with Gasteiger partial charge in [0.2, 0.25) is 0 Å². The first kappa shape index (κ1) is 10.0. The van der Waals surface area contributed by atoms with Gasteiger partial charge in [0, 0.05) is 0 Å². The molecule has 0 fully saturated rings. The van der Waals surface area contributed by atoms with E-state index in [2.05, 4.69) is 20.8 Å². The third kappa shape index (κ3) is 4.84. The van der Waals surface area contributed by atoms with Gasteiger partial charge in [-0.15, -0.1) is 0 Å². The molecule has 60 valence electrons. The fourth-order valence-corrected chi connectivity index (χ4v) is 1.16. The summed E-state index contributed by atoms with van der Waals surface area (Å²) in [4.78, 5) is 0. The predicted molar refractivity (Wildman–Crippen MR) is 47.7 cm³/mol. The zero-order valence-electron chi connectivity index (χ0n) is 7.45. The second-order valence-electron chi connectivity index (χ2n) is 2.77. The molecule has 0 nitrogen and oxygen atoms in total. The molecule has 0 aliphatic carbocycles. The summed E-state index contributed by atoms with van der Waals surface area (Å²) in [6.07, 6.45) is 7.62. The van der Waals surface area contributed by atoms with E-state index in [1.807, 2.05) is 0 Å². The molecule has 0 aromatic rings. The van der Waals surface area contributed by atoms with Gasteiger partial charge in [-0.05, 0) is 25.2 Å². The number of hydrogen-bond acceptors (Lipinski definition) is 0. The largest absolute Gasteiger partial charge is 0.0648 e. The number of unbranched alkanes of at least 4 members (excludes halogenated alkanes) is 2. The van der Waals surface area contributed by atoms with Crippen LogP contribution in [0.3, 0.4) is 0 Å².